The number of H-pyrrole nitrogens is 1. The van der Waals surface area contributed by atoms with Crippen LogP contribution in [-0.2, 0) is 4.79 Å². The van der Waals surface area contributed by atoms with Gasteiger partial charge in [0.1, 0.15) is 0 Å². The van der Waals surface area contributed by atoms with Crippen molar-refractivity contribution < 1.29 is 9.59 Å². The summed E-state index contributed by atoms with van der Waals surface area (Å²) in [5, 5.41) is 4.17. The summed E-state index contributed by atoms with van der Waals surface area (Å²) in [5.74, 6) is 0.225. The number of carbonyl (C=O) groups excluding carboxylic acids is 2. The number of rotatable bonds is 2. The minimum atomic E-state index is -0.0999. The number of nitrogens with one attached hydrogen (secondary N) is 2. The molecule has 0 aliphatic carbocycles. The van der Waals surface area contributed by atoms with E-state index in [4.69, 9.17) is 0 Å². The van der Waals surface area contributed by atoms with E-state index < -0.39 is 0 Å². The predicted molar refractivity (Wildman–Crippen MR) is 71.3 cm³/mol. The summed E-state index contributed by atoms with van der Waals surface area (Å²) in [6.07, 6.45) is 3.18. The molecule has 1 aromatic carbocycles. The molecule has 0 unspecified atom stereocenters. The number of allylic oxidation sites excluding steroid dienone is 1. The number of amides is 1. The van der Waals surface area contributed by atoms with Gasteiger partial charge in [0.2, 0.25) is 5.91 Å². The number of fused-ring (bicyclic) bond motifs is 1. The minimum absolute atomic E-state index is 0.0574. The molecule has 90 valence electrons. The van der Waals surface area contributed by atoms with Crippen LogP contribution in [0.15, 0.2) is 41.6 Å². The Kier molecular flexibility index (Phi) is 2.68. The first-order valence-electron chi connectivity index (χ1n) is 5.49. The summed E-state index contributed by atoms with van der Waals surface area (Å²) < 4.78 is 0. The first kappa shape index (κ1) is 11.1. The summed E-state index contributed by atoms with van der Waals surface area (Å²) >= 11 is 1.35. The Morgan fingerprint density at radius 1 is 1.33 bits per heavy atom. The van der Waals surface area contributed by atoms with Crippen molar-refractivity contribution in [2.45, 2.75) is 0 Å². The lowest BCUT2D eigenvalue weighted by molar-refractivity contribution is -0.117. The molecule has 1 aromatic heterocycles. The van der Waals surface area contributed by atoms with Crippen LogP contribution in [0.1, 0.15) is 10.4 Å². The van der Waals surface area contributed by atoms with Crippen LogP contribution in [0.3, 0.4) is 0 Å². The maximum absolute atomic E-state index is 12.1. The Morgan fingerprint density at radius 3 is 2.94 bits per heavy atom. The van der Waals surface area contributed by atoms with Gasteiger partial charge in [0.15, 0.2) is 5.78 Å². The van der Waals surface area contributed by atoms with Crippen molar-refractivity contribution in [1.29, 1.82) is 0 Å². The van der Waals surface area contributed by atoms with Crippen LogP contribution in [0.25, 0.3) is 10.9 Å². The van der Waals surface area contributed by atoms with E-state index in [1.165, 1.54) is 17.8 Å². The van der Waals surface area contributed by atoms with Crippen molar-refractivity contribution in [2.75, 3.05) is 5.75 Å². The standard InChI is InChI=1S/C13H10N2O2S/c16-11(5-13-15-12(17)7-18-13)9-6-14-10-4-2-1-3-8(9)10/h1-6,14H,7H2,(H,15,17)/b13-5+. The molecule has 0 atom stereocenters. The topological polar surface area (TPSA) is 62.0 Å². The second-order valence-corrected chi connectivity index (χ2v) is 4.97. The third kappa shape index (κ3) is 1.93. The minimum Gasteiger partial charge on any atom is -0.360 e. The number of thioether (sulfide) groups is 1. The molecule has 3 rings (SSSR count). The fourth-order valence-electron chi connectivity index (χ4n) is 1.90. The van der Waals surface area contributed by atoms with Gasteiger partial charge in [0.05, 0.1) is 10.8 Å². The van der Waals surface area contributed by atoms with Gasteiger partial charge in [-0.2, -0.15) is 0 Å². The van der Waals surface area contributed by atoms with E-state index in [1.54, 1.807) is 6.20 Å². The average molecular weight is 258 g/mol. The first-order chi connectivity index (χ1) is 8.74. The molecule has 2 aromatic rings. The smallest absolute Gasteiger partial charge is 0.235 e. The van der Waals surface area contributed by atoms with E-state index in [0.29, 0.717) is 16.3 Å². The van der Waals surface area contributed by atoms with Crippen molar-refractivity contribution in [2.24, 2.45) is 0 Å². The number of aromatic amines is 1. The zero-order chi connectivity index (χ0) is 12.5. The number of hydrogen-bond acceptors (Lipinski definition) is 3. The summed E-state index contributed by atoms with van der Waals surface area (Å²) in [4.78, 5) is 26.2. The molecule has 2 heterocycles. The van der Waals surface area contributed by atoms with Crippen LogP contribution < -0.4 is 5.32 Å². The third-order valence-corrected chi connectivity index (χ3v) is 3.68. The van der Waals surface area contributed by atoms with Crippen molar-refractivity contribution in [3.63, 3.8) is 0 Å². The van der Waals surface area contributed by atoms with Crippen LogP contribution in [0.2, 0.25) is 0 Å². The van der Waals surface area contributed by atoms with E-state index in [2.05, 4.69) is 10.3 Å². The molecule has 18 heavy (non-hydrogen) atoms. The van der Waals surface area contributed by atoms with Crippen LogP contribution in [0.5, 0.6) is 0 Å². The van der Waals surface area contributed by atoms with Gasteiger partial charge >= 0.3 is 0 Å². The number of carbonyl (C=O) groups is 2. The van der Waals surface area contributed by atoms with Crippen molar-refractivity contribution in [3.8, 4) is 0 Å². The molecule has 0 saturated carbocycles. The molecule has 0 radical (unpaired) electrons. The fourth-order valence-corrected chi connectivity index (χ4v) is 2.64. The van der Waals surface area contributed by atoms with Crippen molar-refractivity contribution in [3.05, 3.63) is 47.1 Å². The Bertz CT molecular complexity index is 672. The molecular formula is C13H10N2O2S. The van der Waals surface area contributed by atoms with Gasteiger partial charge in [-0.05, 0) is 6.07 Å². The highest BCUT2D eigenvalue weighted by Crippen LogP contribution is 2.22. The lowest BCUT2D eigenvalue weighted by atomic mass is 10.1. The van der Waals surface area contributed by atoms with Crippen LogP contribution in [0.4, 0.5) is 0 Å². The molecule has 0 bridgehead atoms. The number of para-hydroxylation sites is 1. The molecule has 1 aliphatic rings. The number of ketones is 1. The van der Waals surface area contributed by atoms with Gasteiger partial charge in [0, 0.05) is 28.7 Å². The highest BCUT2D eigenvalue weighted by atomic mass is 32.2. The highest BCUT2D eigenvalue weighted by molar-refractivity contribution is 8.04. The normalized spacial score (nSPS) is 17.3. The number of hydrogen-bond donors (Lipinski definition) is 2. The van der Waals surface area contributed by atoms with Gasteiger partial charge in [-0.3, -0.25) is 9.59 Å². The summed E-state index contributed by atoms with van der Waals surface area (Å²) in [6, 6.07) is 7.63. The molecule has 1 saturated heterocycles. The summed E-state index contributed by atoms with van der Waals surface area (Å²) in [7, 11) is 0. The Morgan fingerprint density at radius 2 is 2.17 bits per heavy atom. The SMILES string of the molecule is O=C1CS/C(=C/C(=O)c2c[nH]c3ccccc23)N1. The van der Waals surface area contributed by atoms with Gasteiger partial charge in [-0.25, -0.2) is 0 Å². The number of benzene rings is 1. The lowest BCUT2D eigenvalue weighted by Crippen LogP contribution is -2.14. The Balaban J connectivity index is 1.95. The summed E-state index contributed by atoms with van der Waals surface area (Å²) in [6.45, 7) is 0. The van der Waals surface area contributed by atoms with Crippen LogP contribution in [0, 0.1) is 0 Å². The van der Waals surface area contributed by atoms with E-state index in [9.17, 15) is 9.59 Å². The quantitative estimate of drug-likeness (QED) is 0.640. The first-order valence-corrected chi connectivity index (χ1v) is 6.47. The second kappa shape index (κ2) is 4.34. The molecule has 0 spiro atoms. The van der Waals surface area contributed by atoms with Crippen molar-refractivity contribution in [1.82, 2.24) is 10.3 Å². The molecule has 4 nitrogen and oxygen atoms in total. The molecule has 2 N–H and O–H groups in total. The monoisotopic (exact) mass is 258 g/mol. The number of aromatic nitrogens is 1. The Labute approximate surface area is 107 Å². The van der Waals surface area contributed by atoms with Crippen molar-refractivity contribution >= 4 is 34.4 Å². The van der Waals surface area contributed by atoms with E-state index in [-0.39, 0.29) is 11.7 Å². The fraction of sp³-hybridized carbons (Fsp3) is 0.0769. The summed E-state index contributed by atoms with van der Waals surface area (Å²) in [5.41, 5.74) is 1.56. The molecule has 1 fully saturated rings. The van der Waals surface area contributed by atoms with Gasteiger partial charge in [-0.15, -0.1) is 0 Å². The van der Waals surface area contributed by atoms with E-state index in [1.807, 2.05) is 24.3 Å². The van der Waals surface area contributed by atoms with Crippen LogP contribution in [-0.4, -0.2) is 22.4 Å². The van der Waals surface area contributed by atoms with E-state index >= 15 is 0 Å². The molecule has 5 heteroatoms. The lowest BCUT2D eigenvalue weighted by Gasteiger charge is -1.96. The third-order valence-electron chi connectivity index (χ3n) is 2.74. The molecule has 1 aliphatic heterocycles. The zero-order valence-electron chi connectivity index (χ0n) is 9.40. The van der Waals surface area contributed by atoms with Gasteiger partial charge in [-0.1, -0.05) is 30.0 Å². The van der Waals surface area contributed by atoms with E-state index in [0.717, 1.165) is 10.9 Å². The van der Waals surface area contributed by atoms with Gasteiger partial charge < -0.3 is 10.3 Å². The second-order valence-electron chi connectivity index (χ2n) is 3.96. The maximum atomic E-state index is 12.1. The average Bonchev–Trinajstić information content (AvgIpc) is 2.95. The Hall–Kier alpha value is -2.01. The van der Waals surface area contributed by atoms with Crippen LogP contribution >= 0.6 is 11.8 Å². The zero-order valence-corrected chi connectivity index (χ0v) is 10.2. The highest BCUT2D eigenvalue weighted by Gasteiger charge is 2.17. The predicted octanol–water partition coefficient (Wildman–Crippen LogP) is 2.05. The van der Waals surface area contributed by atoms with Gasteiger partial charge in [0.25, 0.3) is 0 Å². The maximum Gasteiger partial charge on any atom is 0.235 e. The largest absolute Gasteiger partial charge is 0.360 e. The molecular weight excluding hydrogens is 248 g/mol. The molecule has 1 amide bonds.